The zero-order valence-electron chi connectivity index (χ0n) is 13.2. The third kappa shape index (κ3) is 3.20. The van der Waals surface area contributed by atoms with Crippen LogP contribution >= 0.6 is 0 Å². The van der Waals surface area contributed by atoms with Crippen molar-refractivity contribution in [2.45, 2.75) is 44.3 Å². The number of hydrogen-bond donors (Lipinski definition) is 1. The average Bonchev–Trinajstić information content (AvgIpc) is 2.38. The van der Waals surface area contributed by atoms with Crippen LogP contribution < -0.4 is 0 Å². The highest BCUT2D eigenvalue weighted by Gasteiger charge is 2.34. The fraction of sp³-hybridized carbons (Fsp3) is 0.533. The van der Waals surface area contributed by atoms with Crippen LogP contribution in [0.2, 0.25) is 0 Å². The number of rotatable bonds is 4. The van der Waals surface area contributed by atoms with Crippen LogP contribution in [-0.4, -0.2) is 42.2 Å². The number of benzene rings is 1. The molecule has 0 bridgehead atoms. The van der Waals surface area contributed by atoms with Crippen molar-refractivity contribution in [2.75, 3.05) is 13.1 Å². The molecule has 0 saturated heterocycles. The van der Waals surface area contributed by atoms with Crippen LogP contribution in [-0.2, 0) is 9.84 Å². The molecule has 1 aromatic carbocycles. The first-order chi connectivity index (χ1) is 9.57. The van der Waals surface area contributed by atoms with Crippen molar-refractivity contribution in [2.24, 2.45) is 0 Å². The van der Waals surface area contributed by atoms with Crippen molar-refractivity contribution in [1.29, 1.82) is 0 Å². The number of sulfone groups is 1. The van der Waals surface area contributed by atoms with Gasteiger partial charge in [-0.1, -0.05) is 6.07 Å². The predicted molar refractivity (Wildman–Crippen MR) is 82.3 cm³/mol. The standard InChI is InChI=1S/C15H23NO4S/c1-6-16(7-2)14(18)11-9-8-10-12(13(11)17)21(19,20)15(3,4)5/h8-10,17H,6-7H2,1-5H3. The summed E-state index contributed by atoms with van der Waals surface area (Å²) in [5.41, 5.74) is 0.0176. The predicted octanol–water partition coefficient (Wildman–Crippen LogP) is 2.45. The fourth-order valence-corrected chi connectivity index (χ4v) is 3.20. The lowest BCUT2D eigenvalue weighted by Crippen LogP contribution is -2.31. The summed E-state index contributed by atoms with van der Waals surface area (Å²) in [6, 6.07) is 4.25. The van der Waals surface area contributed by atoms with Gasteiger partial charge in [0.05, 0.1) is 10.3 Å². The molecule has 1 aromatic rings. The van der Waals surface area contributed by atoms with E-state index in [1.54, 1.807) is 20.8 Å². The molecule has 1 N–H and O–H groups in total. The molecule has 5 nitrogen and oxygen atoms in total. The number of hydrogen-bond acceptors (Lipinski definition) is 4. The van der Waals surface area contributed by atoms with Crippen LogP contribution in [0.3, 0.4) is 0 Å². The molecule has 0 radical (unpaired) electrons. The van der Waals surface area contributed by atoms with Gasteiger partial charge in [0.2, 0.25) is 0 Å². The van der Waals surface area contributed by atoms with Gasteiger partial charge in [0.1, 0.15) is 10.6 Å². The van der Waals surface area contributed by atoms with Gasteiger partial charge in [-0.15, -0.1) is 0 Å². The van der Waals surface area contributed by atoms with Gasteiger partial charge in [-0.25, -0.2) is 8.42 Å². The summed E-state index contributed by atoms with van der Waals surface area (Å²) in [7, 11) is -3.72. The molecule has 0 heterocycles. The zero-order valence-corrected chi connectivity index (χ0v) is 14.0. The Labute approximate surface area is 126 Å². The number of carbonyl (C=O) groups is 1. The minimum Gasteiger partial charge on any atom is -0.506 e. The highest BCUT2D eigenvalue weighted by molar-refractivity contribution is 7.92. The minimum atomic E-state index is -3.72. The van der Waals surface area contributed by atoms with E-state index in [2.05, 4.69) is 0 Å². The first-order valence-electron chi connectivity index (χ1n) is 6.93. The summed E-state index contributed by atoms with van der Waals surface area (Å²) in [6.07, 6.45) is 0. The van der Waals surface area contributed by atoms with Crippen molar-refractivity contribution in [3.63, 3.8) is 0 Å². The van der Waals surface area contributed by atoms with Crippen molar-refractivity contribution >= 4 is 15.7 Å². The van der Waals surface area contributed by atoms with Crippen LogP contribution in [0.25, 0.3) is 0 Å². The number of amides is 1. The molecule has 0 aliphatic carbocycles. The topological polar surface area (TPSA) is 74.7 Å². The number of carbonyl (C=O) groups excluding carboxylic acids is 1. The van der Waals surface area contributed by atoms with E-state index in [4.69, 9.17) is 0 Å². The molecule has 1 amide bonds. The Morgan fingerprint density at radius 3 is 2.14 bits per heavy atom. The van der Waals surface area contributed by atoms with Gasteiger partial charge < -0.3 is 10.0 Å². The molecule has 0 saturated carbocycles. The van der Waals surface area contributed by atoms with Crippen LogP contribution in [0.1, 0.15) is 45.0 Å². The van der Waals surface area contributed by atoms with Crippen molar-refractivity contribution in [3.8, 4) is 5.75 Å². The fourth-order valence-electron chi connectivity index (χ4n) is 1.92. The molecule has 0 spiro atoms. The Hall–Kier alpha value is -1.56. The van der Waals surface area contributed by atoms with Gasteiger partial charge in [0.15, 0.2) is 9.84 Å². The maximum absolute atomic E-state index is 12.5. The van der Waals surface area contributed by atoms with E-state index in [0.29, 0.717) is 13.1 Å². The Kier molecular flexibility index (Phi) is 5.04. The molecule has 0 fully saturated rings. The summed E-state index contributed by atoms with van der Waals surface area (Å²) < 4.78 is 23.9. The SMILES string of the molecule is CCN(CC)C(=O)c1cccc(S(=O)(=O)C(C)(C)C)c1O. The van der Waals surface area contributed by atoms with Gasteiger partial charge in [0.25, 0.3) is 5.91 Å². The molecule has 0 unspecified atom stereocenters. The third-order valence-corrected chi connectivity index (χ3v) is 5.90. The van der Waals surface area contributed by atoms with E-state index in [-0.39, 0.29) is 16.4 Å². The summed E-state index contributed by atoms with van der Waals surface area (Å²) in [6.45, 7) is 9.31. The van der Waals surface area contributed by atoms with Gasteiger partial charge in [-0.3, -0.25) is 4.79 Å². The van der Waals surface area contributed by atoms with E-state index in [1.165, 1.54) is 23.1 Å². The maximum atomic E-state index is 12.5. The highest BCUT2D eigenvalue weighted by atomic mass is 32.2. The number of nitrogens with zero attached hydrogens (tertiary/aromatic N) is 1. The molecule has 21 heavy (non-hydrogen) atoms. The molecule has 6 heteroatoms. The highest BCUT2D eigenvalue weighted by Crippen LogP contribution is 2.34. The van der Waals surface area contributed by atoms with Crippen molar-refractivity contribution in [3.05, 3.63) is 23.8 Å². The van der Waals surface area contributed by atoms with Gasteiger partial charge in [0, 0.05) is 13.1 Å². The van der Waals surface area contributed by atoms with Crippen LogP contribution in [0.4, 0.5) is 0 Å². The van der Waals surface area contributed by atoms with Crippen LogP contribution in [0.15, 0.2) is 23.1 Å². The van der Waals surface area contributed by atoms with Gasteiger partial charge in [-0.2, -0.15) is 0 Å². The summed E-state index contributed by atoms with van der Waals surface area (Å²) in [4.78, 5) is 13.7. The molecule has 118 valence electrons. The summed E-state index contributed by atoms with van der Waals surface area (Å²) >= 11 is 0. The van der Waals surface area contributed by atoms with Crippen molar-refractivity contribution in [1.82, 2.24) is 4.90 Å². The summed E-state index contributed by atoms with van der Waals surface area (Å²) in [5.74, 6) is -0.840. The number of phenols is 1. The Balaban J connectivity index is 3.45. The monoisotopic (exact) mass is 313 g/mol. The number of phenolic OH excluding ortho intramolecular Hbond substituents is 1. The average molecular weight is 313 g/mol. The first kappa shape index (κ1) is 17.5. The molecule has 0 atom stereocenters. The molecular formula is C15H23NO4S. The zero-order chi connectivity index (χ0) is 16.4. The lowest BCUT2D eigenvalue weighted by Gasteiger charge is -2.22. The molecule has 0 aliphatic rings. The van der Waals surface area contributed by atoms with Gasteiger partial charge in [-0.05, 0) is 46.8 Å². The van der Waals surface area contributed by atoms with E-state index in [0.717, 1.165) is 0 Å². The van der Waals surface area contributed by atoms with Gasteiger partial charge >= 0.3 is 0 Å². The first-order valence-corrected chi connectivity index (χ1v) is 8.42. The number of aromatic hydroxyl groups is 1. The largest absolute Gasteiger partial charge is 0.506 e. The van der Waals surface area contributed by atoms with Crippen LogP contribution in [0.5, 0.6) is 5.75 Å². The smallest absolute Gasteiger partial charge is 0.257 e. The Morgan fingerprint density at radius 1 is 1.19 bits per heavy atom. The van der Waals surface area contributed by atoms with E-state index >= 15 is 0 Å². The Bertz CT molecular complexity index is 626. The quantitative estimate of drug-likeness (QED) is 0.926. The third-order valence-electron chi connectivity index (χ3n) is 3.38. The molecule has 0 aliphatic heterocycles. The van der Waals surface area contributed by atoms with E-state index in [9.17, 15) is 18.3 Å². The second-order valence-electron chi connectivity index (χ2n) is 5.75. The van der Waals surface area contributed by atoms with E-state index < -0.39 is 20.3 Å². The summed E-state index contributed by atoms with van der Waals surface area (Å²) in [5, 5.41) is 10.3. The van der Waals surface area contributed by atoms with Crippen molar-refractivity contribution < 1.29 is 18.3 Å². The molecular weight excluding hydrogens is 290 g/mol. The van der Waals surface area contributed by atoms with E-state index in [1.807, 2.05) is 13.8 Å². The minimum absolute atomic E-state index is 0.0176. The normalized spacial score (nSPS) is 12.2. The lowest BCUT2D eigenvalue weighted by molar-refractivity contribution is 0.0769. The lowest BCUT2D eigenvalue weighted by atomic mass is 10.1. The second kappa shape index (κ2) is 6.05. The maximum Gasteiger partial charge on any atom is 0.257 e. The second-order valence-corrected chi connectivity index (χ2v) is 8.42. The molecule has 0 aromatic heterocycles. The number of para-hydroxylation sites is 1. The van der Waals surface area contributed by atoms with Crippen LogP contribution in [0, 0.1) is 0 Å². The Morgan fingerprint density at radius 2 is 1.71 bits per heavy atom. The molecule has 1 rings (SSSR count).